The van der Waals surface area contributed by atoms with Gasteiger partial charge in [0.2, 0.25) is 11.7 Å². The fraction of sp³-hybridized carbons (Fsp3) is 0.857. The van der Waals surface area contributed by atoms with Crippen molar-refractivity contribution in [1.29, 1.82) is 0 Å². The van der Waals surface area contributed by atoms with E-state index in [2.05, 4.69) is 15.5 Å². The van der Waals surface area contributed by atoms with E-state index in [0.717, 1.165) is 24.6 Å². The van der Waals surface area contributed by atoms with Gasteiger partial charge in [0.25, 0.3) is 0 Å². The van der Waals surface area contributed by atoms with Crippen LogP contribution in [0.15, 0.2) is 4.52 Å². The Labute approximate surface area is 114 Å². The first-order valence-electron chi connectivity index (χ1n) is 7.35. The minimum absolute atomic E-state index is 0.0335. The van der Waals surface area contributed by atoms with Crippen LogP contribution in [-0.2, 0) is 4.74 Å². The number of rotatable bonds is 5. The zero-order chi connectivity index (χ0) is 13.2. The fourth-order valence-corrected chi connectivity index (χ4v) is 3.07. The average molecular weight is 265 g/mol. The number of methoxy groups -OCH3 is 1. The number of hydrogen-bond acceptors (Lipinski definition) is 5. The summed E-state index contributed by atoms with van der Waals surface area (Å²) in [5.74, 6) is 2.58. The van der Waals surface area contributed by atoms with Gasteiger partial charge in [-0.1, -0.05) is 5.16 Å². The third-order valence-corrected chi connectivity index (χ3v) is 4.50. The zero-order valence-corrected chi connectivity index (χ0v) is 11.8. The van der Waals surface area contributed by atoms with Gasteiger partial charge in [0, 0.05) is 19.1 Å². The van der Waals surface area contributed by atoms with Gasteiger partial charge in [0.1, 0.15) is 6.10 Å². The second kappa shape index (κ2) is 5.59. The van der Waals surface area contributed by atoms with E-state index < -0.39 is 0 Å². The van der Waals surface area contributed by atoms with Gasteiger partial charge in [-0.3, -0.25) is 0 Å². The minimum atomic E-state index is 0.0335. The summed E-state index contributed by atoms with van der Waals surface area (Å²) in [4.78, 5) is 4.59. The Morgan fingerprint density at radius 3 is 2.53 bits per heavy atom. The molecule has 0 aliphatic heterocycles. The highest BCUT2D eigenvalue weighted by Gasteiger charge is 2.36. The number of nitrogens with zero attached hydrogens (tertiary/aromatic N) is 2. The van der Waals surface area contributed by atoms with E-state index in [1.165, 1.54) is 25.7 Å². The predicted octanol–water partition coefficient (Wildman–Crippen LogP) is 2.41. The lowest BCUT2D eigenvalue weighted by Crippen LogP contribution is -2.29. The molecular formula is C14H23N3O2. The minimum Gasteiger partial charge on any atom is -0.373 e. The zero-order valence-electron chi connectivity index (χ0n) is 11.8. The topological polar surface area (TPSA) is 60.2 Å². The third kappa shape index (κ3) is 2.82. The summed E-state index contributed by atoms with van der Waals surface area (Å²) in [6, 6.07) is 0.650. The molecule has 106 valence electrons. The highest BCUT2D eigenvalue weighted by atomic mass is 16.5. The maximum absolute atomic E-state index is 5.50. The molecule has 1 unspecified atom stereocenters. The van der Waals surface area contributed by atoms with Crippen molar-refractivity contribution in [3.8, 4) is 0 Å². The van der Waals surface area contributed by atoms with Crippen molar-refractivity contribution in [2.75, 3.05) is 14.2 Å². The van der Waals surface area contributed by atoms with Gasteiger partial charge in [-0.25, -0.2) is 0 Å². The molecule has 0 bridgehead atoms. The maximum atomic E-state index is 5.50. The molecule has 0 amide bonds. The molecule has 2 saturated carbocycles. The van der Waals surface area contributed by atoms with Crippen LogP contribution in [0.25, 0.3) is 0 Å². The van der Waals surface area contributed by atoms with Crippen LogP contribution in [-0.4, -0.2) is 30.3 Å². The molecule has 1 atom stereocenters. The summed E-state index contributed by atoms with van der Waals surface area (Å²) in [5, 5.41) is 7.48. The van der Waals surface area contributed by atoms with E-state index in [1.807, 2.05) is 7.05 Å². The molecule has 1 aromatic heterocycles. The van der Waals surface area contributed by atoms with Crippen LogP contribution < -0.4 is 5.32 Å². The molecule has 0 aromatic carbocycles. The Bertz CT molecular complexity index is 409. The van der Waals surface area contributed by atoms with Gasteiger partial charge in [-0.15, -0.1) is 0 Å². The van der Waals surface area contributed by atoms with Crippen LogP contribution >= 0.6 is 0 Å². The molecular weight excluding hydrogens is 242 g/mol. The van der Waals surface area contributed by atoms with E-state index in [0.29, 0.717) is 17.9 Å². The largest absolute Gasteiger partial charge is 0.373 e. The Hall–Kier alpha value is -0.940. The standard InChI is InChI=1S/C14H23N3O2/c1-15-11-7-5-10(6-8-11)14-16-13(17-19-14)12(18-2)9-3-4-9/h9-12,15H,3-8H2,1-2H3. The third-order valence-electron chi connectivity index (χ3n) is 4.50. The molecule has 1 N–H and O–H groups in total. The lowest BCUT2D eigenvalue weighted by atomic mass is 9.86. The van der Waals surface area contributed by atoms with Crippen molar-refractivity contribution in [1.82, 2.24) is 15.5 Å². The van der Waals surface area contributed by atoms with Gasteiger partial charge in [0.05, 0.1) is 0 Å². The van der Waals surface area contributed by atoms with E-state index in [9.17, 15) is 0 Å². The molecule has 1 heterocycles. The van der Waals surface area contributed by atoms with Crippen molar-refractivity contribution in [3.05, 3.63) is 11.7 Å². The summed E-state index contributed by atoms with van der Waals surface area (Å²) in [6.45, 7) is 0. The van der Waals surface area contributed by atoms with Crippen LogP contribution in [0.1, 0.15) is 62.3 Å². The van der Waals surface area contributed by atoms with E-state index in [-0.39, 0.29) is 6.10 Å². The lowest BCUT2D eigenvalue weighted by molar-refractivity contribution is 0.0751. The second-order valence-corrected chi connectivity index (χ2v) is 5.82. The summed E-state index contributed by atoms with van der Waals surface area (Å²) in [6.07, 6.45) is 7.11. The first-order chi connectivity index (χ1) is 9.31. The van der Waals surface area contributed by atoms with Gasteiger partial charge < -0.3 is 14.6 Å². The summed E-state index contributed by atoms with van der Waals surface area (Å²) in [5.41, 5.74) is 0. The van der Waals surface area contributed by atoms with E-state index >= 15 is 0 Å². The van der Waals surface area contributed by atoms with Crippen LogP contribution in [0, 0.1) is 5.92 Å². The molecule has 0 saturated heterocycles. The molecule has 2 fully saturated rings. The van der Waals surface area contributed by atoms with E-state index in [4.69, 9.17) is 9.26 Å². The highest BCUT2D eigenvalue weighted by molar-refractivity contribution is 5.02. The summed E-state index contributed by atoms with van der Waals surface area (Å²) >= 11 is 0. The van der Waals surface area contributed by atoms with Gasteiger partial charge >= 0.3 is 0 Å². The van der Waals surface area contributed by atoms with E-state index in [1.54, 1.807) is 7.11 Å². The molecule has 3 rings (SSSR count). The number of ether oxygens (including phenoxy) is 1. The monoisotopic (exact) mass is 265 g/mol. The lowest BCUT2D eigenvalue weighted by Gasteiger charge is -2.25. The van der Waals surface area contributed by atoms with Crippen LogP contribution in [0.3, 0.4) is 0 Å². The van der Waals surface area contributed by atoms with Crippen LogP contribution in [0.2, 0.25) is 0 Å². The number of hydrogen-bond donors (Lipinski definition) is 1. The van der Waals surface area contributed by atoms with Crippen molar-refractivity contribution in [2.24, 2.45) is 5.92 Å². The van der Waals surface area contributed by atoms with Gasteiger partial charge in [0.15, 0.2) is 0 Å². The van der Waals surface area contributed by atoms with Crippen LogP contribution in [0.4, 0.5) is 0 Å². The first kappa shape index (κ1) is 13.1. The average Bonchev–Trinajstić information content (AvgIpc) is 3.17. The normalized spacial score (nSPS) is 29.4. The van der Waals surface area contributed by atoms with Gasteiger partial charge in [-0.05, 0) is 51.5 Å². The molecule has 5 heteroatoms. The van der Waals surface area contributed by atoms with Crippen molar-refractivity contribution >= 4 is 0 Å². The summed E-state index contributed by atoms with van der Waals surface area (Å²) < 4.78 is 11.0. The van der Waals surface area contributed by atoms with Gasteiger partial charge in [-0.2, -0.15) is 4.98 Å². The van der Waals surface area contributed by atoms with Crippen molar-refractivity contribution in [3.63, 3.8) is 0 Å². The van der Waals surface area contributed by atoms with Crippen molar-refractivity contribution in [2.45, 2.75) is 56.6 Å². The Balaban J connectivity index is 1.64. The Kier molecular flexibility index (Phi) is 3.84. The molecule has 1 aromatic rings. The predicted molar refractivity (Wildman–Crippen MR) is 70.8 cm³/mol. The smallest absolute Gasteiger partial charge is 0.229 e. The first-order valence-corrected chi connectivity index (χ1v) is 7.35. The second-order valence-electron chi connectivity index (χ2n) is 5.82. The number of aromatic nitrogens is 2. The maximum Gasteiger partial charge on any atom is 0.229 e. The molecule has 0 radical (unpaired) electrons. The molecule has 0 spiro atoms. The molecule has 5 nitrogen and oxygen atoms in total. The Morgan fingerprint density at radius 1 is 1.21 bits per heavy atom. The molecule has 19 heavy (non-hydrogen) atoms. The Morgan fingerprint density at radius 2 is 1.95 bits per heavy atom. The number of nitrogens with one attached hydrogen (secondary N) is 1. The van der Waals surface area contributed by atoms with Crippen LogP contribution in [0.5, 0.6) is 0 Å². The quantitative estimate of drug-likeness (QED) is 0.886. The fourth-order valence-electron chi connectivity index (χ4n) is 3.07. The van der Waals surface area contributed by atoms with Crippen molar-refractivity contribution < 1.29 is 9.26 Å². The molecule has 2 aliphatic rings. The highest BCUT2D eigenvalue weighted by Crippen LogP contribution is 2.42. The summed E-state index contributed by atoms with van der Waals surface area (Å²) in [7, 11) is 3.77. The molecule has 2 aliphatic carbocycles. The SMILES string of the molecule is CNC1CCC(c2nc(C(OC)C3CC3)no2)CC1.